The van der Waals surface area contributed by atoms with Crippen LogP contribution < -0.4 is 5.73 Å². The van der Waals surface area contributed by atoms with Gasteiger partial charge >= 0.3 is 0 Å². The quantitative estimate of drug-likeness (QED) is 0.836. The highest BCUT2D eigenvalue weighted by Gasteiger charge is 2.26. The summed E-state index contributed by atoms with van der Waals surface area (Å²) in [5.41, 5.74) is 6.39. The average molecular weight is 266 g/mol. The molecule has 1 aromatic carbocycles. The molecule has 4 nitrogen and oxygen atoms in total. The first-order valence-electron chi connectivity index (χ1n) is 5.99. The number of hydrogen-bond acceptors (Lipinski definition) is 4. The zero-order valence-corrected chi connectivity index (χ0v) is 11.3. The molecule has 0 radical (unpaired) electrons. The maximum Gasteiger partial charge on any atom is 0.254 e. The largest absolute Gasteiger partial charge is 0.377 e. The Morgan fingerprint density at radius 1 is 1.50 bits per heavy atom. The van der Waals surface area contributed by atoms with Gasteiger partial charge in [-0.3, -0.25) is 4.79 Å². The smallest absolute Gasteiger partial charge is 0.254 e. The van der Waals surface area contributed by atoms with E-state index in [0.717, 1.165) is 4.90 Å². The minimum absolute atomic E-state index is 0.00789. The van der Waals surface area contributed by atoms with Gasteiger partial charge in [0.05, 0.1) is 19.3 Å². The molecule has 1 heterocycles. The molecule has 1 amide bonds. The van der Waals surface area contributed by atoms with Crippen LogP contribution >= 0.6 is 11.8 Å². The van der Waals surface area contributed by atoms with Crippen molar-refractivity contribution in [2.45, 2.75) is 10.9 Å². The fraction of sp³-hybridized carbons (Fsp3) is 0.462. The van der Waals surface area contributed by atoms with Crippen molar-refractivity contribution in [3.63, 3.8) is 0 Å². The highest BCUT2D eigenvalue weighted by atomic mass is 32.2. The number of morpholine rings is 1. The zero-order valence-electron chi connectivity index (χ0n) is 10.5. The van der Waals surface area contributed by atoms with Crippen molar-refractivity contribution in [2.75, 3.05) is 32.6 Å². The second-order valence-corrected chi connectivity index (χ2v) is 5.07. The van der Waals surface area contributed by atoms with Crippen LogP contribution in [0.2, 0.25) is 0 Å². The third-order valence-electron chi connectivity index (χ3n) is 3.10. The molecule has 1 aliphatic heterocycles. The summed E-state index contributed by atoms with van der Waals surface area (Å²) < 4.78 is 5.35. The van der Waals surface area contributed by atoms with Gasteiger partial charge in [-0.15, -0.1) is 11.8 Å². The topological polar surface area (TPSA) is 55.6 Å². The summed E-state index contributed by atoms with van der Waals surface area (Å²) in [6.45, 7) is 2.18. The number of thioether (sulfide) groups is 1. The van der Waals surface area contributed by atoms with E-state index in [1.165, 1.54) is 0 Å². The molecule has 0 aromatic heterocycles. The summed E-state index contributed by atoms with van der Waals surface area (Å²) >= 11 is 1.66. The van der Waals surface area contributed by atoms with E-state index < -0.39 is 0 Å². The standard InChI is InChI=1S/C13H18N2O2S/c1-18-12-4-2-10(3-5-12)13(16)15-6-7-17-9-11(15)8-14/h2-5,11H,6-9,14H2,1H3. The maximum absolute atomic E-state index is 12.4. The fourth-order valence-electron chi connectivity index (χ4n) is 2.02. The number of carbonyl (C=O) groups excluding carboxylic acids is 1. The monoisotopic (exact) mass is 266 g/mol. The first-order valence-corrected chi connectivity index (χ1v) is 7.21. The molecular weight excluding hydrogens is 248 g/mol. The predicted molar refractivity (Wildman–Crippen MR) is 72.9 cm³/mol. The summed E-state index contributed by atoms with van der Waals surface area (Å²) in [4.78, 5) is 15.4. The van der Waals surface area contributed by atoms with Crippen LogP contribution in [0.4, 0.5) is 0 Å². The van der Waals surface area contributed by atoms with Crippen molar-refractivity contribution in [3.8, 4) is 0 Å². The molecule has 2 rings (SSSR count). The second-order valence-electron chi connectivity index (χ2n) is 4.19. The number of hydrogen-bond donors (Lipinski definition) is 1. The van der Waals surface area contributed by atoms with E-state index in [1.54, 1.807) is 11.8 Å². The summed E-state index contributed by atoms with van der Waals surface area (Å²) in [6, 6.07) is 7.67. The molecule has 1 atom stereocenters. The number of ether oxygens (including phenoxy) is 1. The maximum atomic E-state index is 12.4. The van der Waals surface area contributed by atoms with Crippen LogP contribution in [0.25, 0.3) is 0 Å². The number of benzene rings is 1. The van der Waals surface area contributed by atoms with Gasteiger partial charge in [0.1, 0.15) is 0 Å². The van der Waals surface area contributed by atoms with Crippen molar-refractivity contribution >= 4 is 17.7 Å². The number of nitrogens with two attached hydrogens (primary N) is 1. The first-order chi connectivity index (χ1) is 8.76. The Balaban J connectivity index is 2.13. The Labute approximate surface area is 111 Å². The highest BCUT2D eigenvalue weighted by molar-refractivity contribution is 7.98. The van der Waals surface area contributed by atoms with Crippen molar-refractivity contribution < 1.29 is 9.53 Å². The van der Waals surface area contributed by atoms with Gasteiger partial charge in [0.2, 0.25) is 0 Å². The average Bonchev–Trinajstić information content (AvgIpc) is 2.46. The van der Waals surface area contributed by atoms with E-state index in [9.17, 15) is 4.79 Å². The Bertz CT molecular complexity index is 408. The fourth-order valence-corrected chi connectivity index (χ4v) is 2.43. The van der Waals surface area contributed by atoms with Gasteiger partial charge < -0.3 is 15.4 Å². The molecule has 98 valence electrons. The van der Waals surface area contributed by atoms with Crippen molar-refractivity contribution in [3.05, 3.63) is 29.8 Å². The number of carbonyl (C=O) groups is 1. The first kappa shape index (κ1) is 13.4. The van der Waals surface area contributed by atoms with E-state index in [1.807, 2.05) is 35.4 Å². The third kappa shape index (κ3) is 2.85. The molecule has 0 saturated carbocycles. The van der Waals surface area contributed by atoms with Gasteiger partial charge in [0.25, 0.3) is 5.91 Å². The molecule has 0 aliphatic carbocycles. The van der Waals surface area contributed by atoms with Crippen molar-refractivity contribution in [2.24, 2.45) is 5.73 Å². The summed E-state index contributed by atoms with van der Waals surface area (Å²) in [5.74, 6) is 0.0430. The molecule has 1 saturated heterocycles. The van der Waals surface area contributed by atoms with E-state index in [0.29, 0.717) is 31.9 Å². The van der Waals surface area contributed by atoms with Crippen LogP contribution in [0.3, 0.4) is 0 Å². The normalized spacial score (nSPS) is 19.9. The van der Waals surface area contributed by atoms with E-state index in [2.05, 4.69) is 0 Å². The molecular formula is C13H18N2O2S. The van der Waals surface area contributed by atoms with E-state index >= 15 is 0 Å². The Hall–Kier alpha value is -1.04. The summed E-state index contributed by atoms with van der Waals surface area (Å²) in [6.07, 6.45) is 2.02. The van der Waals surface area contributed by atoms with Gasteiger partial charge in [0.15, 0.2) is 0 Å². The Morgan fingerprint density at radius 3 is 2.83 bits per heavy atom. The van der Waals surface area contributed by atoms with Gasteiger partial charge in [0, 0.05) is 23.5 Å². The van der Waals surface area contributed by atoms with Crippen molar-refractivity contribution in [1.82, 2.24) is 4.90 Å². The molecule has 2 N–H and O–H groups in total. The van der Waals surface area contributed by atoms with Crippen LogP contribution in [-0.4, -0.2) is 49.4 Å². The van der Waals surface area contributed by atoms with Gasteiger partial charge in [-0.1, -0.05) is 0 Å². The summed E-state index contributed by atoms with van der Waals surface area (Å²) in [5, 5.41) is 0. The molecule has 1 aromatic rings. The Morgan fingerprint density at radius 2 is 2.22 bits per heavy atom. The highest BCUT2D eigenvalue weighted by Crippen LogP contribution is 2.17. The number of nitrogens with zero attached hydrogens (tertiary/aromatic N) is 1. The van der Waals surface area contributed by atoms with Gasteiger partial charge in [-0.05, 0) is 30.5 Å². The van der Waals surface area contributed by atoms with Crippen LogP contribution in [0.15, 0.2) is 29.2 Å². The molecule has 1 unspecified atom stereocenters. The SMILES string of the molecule is CSc1ccc(C(=O)N2CCOCC2CN)cc1. The molecule has 18 heavy (non-hydrogen) atoms. The van der Waals surface area contributed by atoms with Crippen LogP contribution in [0, 0.1) is 0 Å². The minimum atomic E-state index is -0.00789. The lowest BCUT2D eigenvalue weighted by molar-refractivity contribution is 0.000837. The van der Waals surface area contributed by atoms with Gasteiger partial charge in [-0.2, -0.15) is 0 Å². The van der Waals surface area contributed by atoms with Crippen LogP contribution in [-0.2, 0) is 4.74 Å². The molecule has 1 aliphatic rings. The van der Waals surface area contributed by atoms with Crippen molar-refractivity contribution in [1.29, 1.82) is 0 Å². The minimum Gasteiger partial charge on any atom is -0.377 e. The van der Waals surface area contributed by atoms with E-state index in [4.69, 9.17) is 10.5 Å². The molecule has 1 fully saturated rings. The zero-order chi connectivity index (χ0) is 13.0. The number of rotatable bonds is 3. The Kier molecular flexibility index (Phi) is 4.63. The van der Waals surface area contributed by atoms with Crippen LogP contribution in [0.1, 0.15) is 10.4 Å². The number of amides is 1. The van der Waals surface area contributed by atoms with Gasteiger partial charge in [-0.25, -0.2) is 0 Å². The molecule has 0 bridgehead atoms. The lowest BCUT2D eigenvalue weighted by Crippen LogP contribution is -2.52. The van der Waals surface area contributed by atoms with Crippen LogP contribution in [0.5, 0.6) is 0 Å². The lowest BCUT2D eigenvalue weighted by Gasteiger charge is -2.34. The summed E-state index contributed by atoms with van der Waals surface area (Å²) in [7, 11) is 0. The third-order valence-corrected chi connectivity index (χ3v) is 3.84. The second kappa shape index (κ2) is 6.22. The molecule has 0 spiro atoms. The van der Waals surface area contributed by atoms with E-state index in [-0.39, 0.29) is 11.9 Å². The molecule has 5 heteroatoms. The predicted octanol–water partition coefficient (Wildman–Crippen LogP) is 1.21. The lowest BCUT2D eigenvalue weighted by atomic mass is 10.1.